The molecule has 0 fully saturated rings. The average Bonchev–Trinajstić information content (AvgIpc) is 2.23. The van der Waals surface area contributed by atoms with Crippen molar-refractivity contribution in [2.75, 3.05) is 33.9 Å². The number of nitrogens with one attached hydrogen (secondary N) is 1. The molecule has 0 rings (SSSR count). The van der Waals surface area contributed by atoms with E-state index in [9.17, 15) is 0 Å². The monoisotopic (exact) mass is 220 g/mol. The van der Waals surface area contributed by atoms with Crippen molar-refractivity contribution < 1.29 is 8.85 Å². The van der Waals surface area contributed by atoms with Crippen molar-refractivity contribution in [3.63, 3.8) is 0 Å². The highest BCUT2D eigenvalue weighted by atomic mass is 28.4. The lowest BCUT2D eigenvalue weighted by Gasteiger charge is -2.22. The van der Waals surface area contributed by atoms with Gasteiger partial charge in [-0.1, -0.05) is 6.42 Å². The van der Waals surface area contributed by atoms with Crippen molar-refractivity contribution in [3.05, 3.63) is 0 Å². The first kappa shape index (κ1) is 14.1. The van der Waals surface area contributed by atoms with Gasteiger partial charge < -0.3 is 19.9 Å². The fourth-order valence-electron chi connectivity index (χ4n) is 1.21. The fraction of sp³-hybridized carbons (Fsp3) is 1.00. The molecule has 4 nitrogen and oxygen atoms in total. The van der Waals surface area contributed by atoms with E-state index < -0.39 is 8.56 Å². The van der Waals surface area contributed by atoms with E-state index in [1.165, 1.54) is 0 Å². The minimum absolute atomic E-state index is 0.711. The van der Waals surface area contributed by atoms with Crippen LogP contribution in [0.15, 0.2) is 0 Å². The zero-order chi connectivity index (χ0) is 10.9. The third kappa shape index (κ3) is 6.50. The second-order valence-corrected chi connectivity index (χ2v) is 7.12. The number of rotatable bonds is 9. The SMILES string of the molecule is CO[Si](C)(CCCCNCCN)OC. The molecule has 3 N–H and O–H groups in total. The maximum absolute atomic E-state index is 5.39. The van der Waals surface area contributed by atoms with Crippen molar-refractivity contribution in [1.82, 2.24) is 5.32 Å². The average molecular weight is 220 g/mol. The molecule has 86 valence electrons. The van der Waals surface area contributed by atoms with Crippen molar-refractivity contribution >= 4 is 8.56 Å². The van der Waals surface area contributed by atoms with Crippen LogP contribution in [0.25, 0.3) is 0 Å². The standard InChI is InChI=1S/C9H24N2O2Si/c1-12-14(3,13-2)9-5-4-7-11-8-6-10/h11H,4-10H2,1-3H3. The Labute approximate surface area is 88.4 Å². The van der Waals surface area contributed by atoms with E-state index in [1.807, 2.05) is 0 Å². The second kappa shape index (κ2) is 8.37. The lowest BCUT2D eigenvalue weighted by molar-refractivity contribution is 0.248. The minimum atomic E-state index is -1.82. The fourth-order valence-corrected chi connectivity index (χ4v) is 2.68. The van der Waals surface area contributed by atoms with Gasteiger partial charge >= 0.3 is 8.56 Å². The summed E-state index contributed by atoms with van der Waals surface area (Å²) in [5.74, 6) is 0. The van der Waals surface area contributed by atoms with E-state index in [1.54, 1.807) is 14.2 Å². The molecule has 0 heterocycles. The largest absolute Gasteiger partial charge is 0.398 e. The molecule has 0 bridgehead atoms. The molecule has 0 amide bonds. The molecule has 0 aromatic carbocycles. The van der Waals surface area contributed by atoms with Gasteiger partial charge in [-0.15, -0.1) is 0 Å². The maximum atomic E-state index is 5.39. The van der Waals surface area contributed by atoms with E-state index in [4.69, 9.17) is 14.6 Å². The van der Waals surface area contributed by atoms with Gasteiger partial charge in [0.05, 0.1) is 0 Å². The molecular weight excluding hydrogens is 196 g/mol. The number of hydrogen-bond donors (Lipinski definition) is 2. The summed E-state index contributed by atoms with van der Waals surface area (Å²) in [5.41, 5.74) is 5.36. The highest BCUT2D eigenvalue weighted by molar-refractivity contribution is 6.65. The lowest BCUT2D eigenvalue weighted by Crippen LogP contribution is -2.36. The molecule has 0 aromatic heterocycles. The Hall–Kier alpha value is 0.0569. The molecular formula is C9H24N2O2Si. The first-order valence-electron chi connectivity index (χ1n) is 5.19. The summed E-state index contributed by atoms with van der Waals surface area (Å²) in [5, 5.41) is 3.27. The van der Waals surface area contributed by atoms with Crippen LogP contribution in [0.2, 0.25) is 12.6 Å². The zero-order valence-electron chi connectivity index (χ0n) is 9.64. The van der Waals surface area contributed by atoms with Gasteiger partial charge in [0.1, 0.15) is 0 Å². The number of nitrogens with two attached hydrogens (primary N) is 1. The molecule has 0 spiro atoms. The molecule has 0 radical (unpaired) electrons. The van der Waals surface area contributed by atoms with Crippen molar-refractivity contribution in [1.29, 1.82) is 0 Å². The molecule has 0 saturated carbocycles. The predicted molar refractivity (Wildman–Crippen MR) is 61.6 cm³/mol. The maximum Gasteiger partial charge on any atom is 0.334 e. The van der Waals surface area contributed by atoms with Crippen LogP contribution in [0.3, 0.4) is 0 Å². The Morgan fingerprint density at radius 3 is 2.29 bits per heavy atom. The molecule has 0 unspecified atom stereocenters. The molecule has 0 atom stereocenters. The Bertz CT molecular complexity index is 132. The zero-order valence-corrected chi connectivity index (χ0v) is 10.6. The molecule has 0 aliphatic heterocycles. The quantitative estimate of drug-likeness (QED) is 0.443. The number of hydrogen-bond acceptors (Lipinski definition) is 4. The van der Waals surface area contributed by atoms with Crippen LogP contribution in [-0.2, 0) is 8.85 Å². The van der Waals surface area contributed by atoms with Gasteiger partial charge in [-0.25, -0.2) is 0 Å². The normalized spacial score (nSPS) is 12.0. The van der Waals surface area contributed by atoms with Gasteiger partial charge in [0.15, 0.2) is 0 Å². The Morgan fingerprint density at radius 2 is 1.79 bits per heavy atom. The van der Waals surface area contributed by atoms with Crippen molar-refractivity contribution in [2.24, 2.45) is 5.73 Å². The third-order valence-corrected chi connectivity index (χ3v) is 5.41. The summed E-state index contributed by atoms with van der Waals surface area (Å²) < 4.78 is 10.8. The smallest absolute Gasteiger partial charge is 0.334 e. The van der Waals surface area contributed by atoms with Crippen molar-refractivity contribution in [2.45, 2.75) is 25.4 Å². The topological polar surface area (TPSA) is 56.5 Å². The number of unbranched alkanes of at least 4 members (excludes halogenated alkanes) is 1. The minimum Gasteiger partial charge on any atom is -0.398 e. The van der Waals surface area contributed by atoms with E-state index in [0.717, 1.165) is 32.0 Å². The summed E-state index contributed by atoms with van der Waals surface area (Å²) in [6.07, 6.45) is 2.32. The van der Waals surface area contributed by atoms with E-state index in [2.05, 4.69) is 11.9 Å². The molecule has 0 aliphatic rings. The summed E-state index contributed by atoms with van der Waals surface area (Å²) in [4.78, 5) is 0. The molecule has 0 saturated heterocycles. The highest BCUT2D eigenvalue weighted by Gasteiger charge is 2.27. The van der Waals surface area contributed by atoms with Gasteiger partial charge in [-0.2, -0.15) is 0 Å². The highest BCUT2D eigenvalue weighted by Crippen LogP contribution is 2.14. The van der Waals surface area contributed by atoms with Crippen LogP contribution in [0, 0.1) is 0 Å². The molecule has 0 aliphatic carbocycles. The van der Waals surface area contributed by atoms with E-state index in [-0.39, 0.29) is 0 Å². The lowest BCUT2D eigenvalue weighted by atomic mass is 10.3. The first-order chi connectivity index (χ1) is 6.68. The van der Waals surface area contributed by atoms with Crippen LogP contribution in [0.1, 0.15) is 12.8 Å². The Balaban J connectivity index is 3.34. The van der Waals surface area contributed by atoms with Crippen LogP contribution >= 0.6 is 0 Å². The summed E-state index contributed by atoms with van der Waals surface area (Å²) in [7, 11) is 1.66. The molecule has 5 heteroatoms. The predicted octanol–water partition coefficient (Wildman–Crippen LogP) is 0.680. The Kier molecular flexibility index (Phi) is 8.41. The Morgan fingerprint density at radius 1 is 1.14 bits per heavy atom. The summed E-state index contributed by atoms with van der Waals surface area (Å²) >= 11 is 0. The van der Waals surface area contributed by atoms with Gasteiger partial charge in [0.2, 0.25) is 0 Å². The molecule has 14 heavy (non-hydrogen) atoms. The van der Waals surface area contributed by atoms with E-state index >= 15 is 0 Å². The van der Waals surface area contributed by atoms with Crippen LogP contribution in [-0.4, -0.2) is 42.4 Å². The third-order valence-electron chi connectivity index (χ3n) is 2.42. The summed E-state index contributed by atoms with van der Waals surface area (Å²) in [6.45, 7) is 4.75. The van der Waals surface area contributed by atoms with Gasteiger partial charge in [-0.3, -0.25) is 0 Å². The van der Waals surface area contributed by atoms with Crippen LogP contribution in [0.4, 0.5) is 0 Å². The van der Waals surface area contributed by atoms with Gasteiger partial charge in [0.25, 0.3) is 0 Å². The van der Waals surface area contributed by atoms with Gasteiger partial charge in [-0.05, 0) is 25.6 Å². The summed E-state index contributed by atoms with van der Waals surface area (Å²) in [6, 6.07) is 1.06. The second-order valence-electron chi connectivity index (χ2n) is 3.54. The van der Waals surface area contributed by atoms with Crippen LogP contribution in [0.5, 0.6) is 0 Å². The molecule has 0 aromatic rings. The first-order valence-corrected chi connectivity index (χ1v) is 7.72. The van der Waals surface area contributed by atoms with Crippen LogP contribution < -0.4 is 11.1 Å². The van der Waals surface area contributed by atoms with Crippen molar-refractivity contribution in [3.8, 4) is 0 Å². The van der Waals surface area contributed by atoms with E-state index in [0.29, 0.717) is 6.54 Å². The van der Waals surface area contributed by atoms with Gasteiger partial charge in [0, 0.05) is 27.3 Å².